The Morgan fingerprint density at radius 1 is 1.40 bits per heavy atom. The molecule has 0 saturated heterocycles. The summed E-state index contributed by atoms with van der Waals surface area (Å²) in [6.45, 7) is 0.540. The SMILES string of the molecule is CSc1ccc(CN(C)C(=O)c2c(N)cnn2C)cc1. The minimum atomic E-state index is -0.128. The van der Waals surface area contributed by atoms with E-state index in [0.717, 1.165) is 5.56 Å². The van der Waals surface area contributed by atoms with Crippen LogP contribution in [0, 0.1) is 0 Å². The molecule has 0 radical (unpaired) electrons. The van der Waals surface area contributed by atoms with Crippen molar-refractivity contribution in [1.29, 1.82) is 0 Å². The van der Waals surface area contributed by atoms with Gasteiger partial charge in [0.05, 0.1) is 11.9 Å². The molecular formula is C14H18N4OS. The van der Waals surface area contributed by atoms with Crippen LogP contribution in [0.25, 0.3) is 0 Å². The molecule has 1 aromatic carbocycles. The number of rotatable bonds is 4. The van der Waals surface area contributed by atoms with E-state index in [2.05, 4.69) is 17.2 Å². The van der Waals surface area contributed by atoms with Crippen molar-refractivity contribution in [2.45, 2.75) is 11.4 Å². The van der Waals surface area contributed by atoms with Gasteiger partial charge in [0.15, 0.2) is 0 Å². The number of carbonyl (C=O) groups excluding carboxylic acids is 1. The first kappa shape index (κ1) is 14.5. The van der Waals surface area contributed by atoms with Gasteiger partial charge in [0.1, 0.15) is 5.69 Å². The second-order valence-electron chi connectivity index (χ2n) is 4.58. The number of nitrogens with zero attached hydrogens (tertiary/aromatic N) is 3. The number of nitrogens with two attached hydrogens (primary N) is 1. The predicted octanol–water partition coefficient (Wildman–Crippen LogP) is 2.00. The van der Waals surface area contributed by atoms with Crippen LogP contribution in [0.1, 0.15) is 16.1 Å². The highest BCUT2D eigenvalue weighted by Crippen LogP contribution is 2.17. The average molecular weight is 290 g/mol. The number of aryl methyl sites for hydroxylation is 1. The summed E-state index contributed by atoms with van der Waals surface area (Å²) in [7, 11) is 3.47. The Kier molecular flexibility index (Phi) is 4.34. The van der Waals surface area contributed by atoms with Gasteiger partial charge in [-0.05, 0) is 24.0 Å². The van der Waals surface area contributed by atoms with Crippen molar-refractivity contribution in [3.8, 4) is 0 Å². The lowest BCUT2D eigenvalue weighted by Gasteiger charge is -2.17. The number of hydrogen-bond donors (Lipinski definition) is 1. The Bertz CT molecular complexity index is 587. The minimum absolute atomic E-state index is 0.128. The second kappa shape index (κ2) is 6.00. The van der Waals surface area contributed by atoms with Gasteiger partial charge in [-0.1, -0.05) is 12.1 Å². The monoisotopic (exact) mass is 290 g/mol. The van der Waals surface area contributed by atoms with E-state index in [4.69, 9.17) is 5.73 Å². The highest BCUT2D eigenvalue weighted by Gasteiger charge is 2.19. The van der Waals surface area contributed by atoms with Crippen LogP contribution in [0.15, 0.2) is 35.4 Å². The van der Waals surface area contributed by atoms with E-state index in [0.29, 0.717) is 17.9 Å². The van der Waals surface area contributed by atoms with Gasteiger partial charge < -0.3 is 10.6 Å². The van der Waals surface area contributed by atoms with E-state index >= 15 is 0 Å². The second-order valence-corrected chi connectivity index (χ2v) is 5.46. The number of hydrogen-bond acceptors (Lipinski definition) is 4. The molecule has 2 N–H and O–H groups in total. The summed E-state index contributed by atoms with van der Waals surface area (Å²) in [5.74, 6) is -0.128. The van der Waals surface area contributed by atoms with Gasteiger partial charge in [-0.15, -0.1) is 11.8 Å². The molecule has 1 aromatic heterocycles. The third-order valence-electron chi connectivity index (χ3n) is 3.10. The molecular weight excluding hydrogens is 272 g/mol. The molecule has 0 saturated carbocycles. The molecule has 6 heteroatoms. The number of thioether (sulfide) groups is 1. The number of anilines is 1. The summed E-state index contributed by atoms with van der Waals surface area (Å²) in [6.07, 6.45) is 3.53. The lowest BCUT2D eigenvalue weighted by molar-refractivity contribution is 0.0775. The zero-order valence-electron chi connectivity index (χ0n) is 11.8. The van der Waals surface area contributed by atoms with Crippen LogP contribution in [-0.4, -0.2) is 33.9 Å². The van der Waals surface area contributed by atoms with Crippen LogP contribution in [0.4, 0.5) is 5.69 Å². The number of carbonyl (C=O) groups is 1. The molecule has 5 nitrogen and oxygen atoms in total. The first-order valence-electron chi connectivity index (χ1n) is 6.18. The van der Waals surface area contributed by atoms with Crippen molar-refractivity contribution in [2.24, 2.45) is 7.05 Å². The Morgan fingerprint density at radius 2 is 2.05 bits per heavy atom. The highest BCUT2D eigenvalue weighted by molar-refractivity contribution is 7.98. The molecule has 2 rings (SSSR count). The maximum Gasteiger partial charge on any atom is 0.274 e. The van der Waals surface area contributed by atoms with E-state index in [9.17, 15) is 4.79 Å². The van der Waals surface area contributed by atoms with E-state index in [-0.39, 0.29) is 5.91 Å². The molecule has 1 heterocycles. The number of nitrogen functional groups attached to an aromatic ring is 1. The number of amides is 1. The van der Waals surface area contributed by atoms with Gasteiger partial charge in [-0.3, -0.25) is 9.48 Å². The molecule has 0 aliphatic heterocycles. The van der Waals surface area contributed by atoms with Gasteiger partial charge in [0.2, 0.25) is 0 Å². The lowest BCUT2D eigenvalue weighted by Crippen LogP contribution is -2.28. The quantitative estimate of drug-likeness (QED) is 0.875. The van der Waals surface area contributed by atoms with Crippen molar-refractivity contribution in [3.05, 3.63) is 41.7 Å². The molecule has 1 amide bonds. The predicted molar refractivity (Wildman–Crippen MR) is 81.6 cm³/mol. The molecule has 2 aromatic rings. The normalized spacial score (nSPS) is 10.6. The molecule has 0 fully saturated rings. The molecule has 0 aliphatic carbocycles. The van der Waals surface area contributed by atoms with Gasteiger partial charge in [0.25, 0.3) is 5.91 Å². The largest absolute Gasteiger partial charge is 0.396 e. The smallest absolute Gasteiger partial charge is 0.274 e. The van der Waals surface area contributed by atoms with Gasteiger partial charge in [-0.2, -0.15) is 5.10 Å². The Labute approximate surface area is 122 Å². The Morgan fingerprint density at radius 3 is 2.55 bits per heavy atom. The van der Waals surface area contributed by atoms with Crippen molar-refractivity contribution in [1.82, 2.24) is 14.7 Å². The third kappa shape index (κ3) is 2.96. The maximum atomic E-state index is 12.4. The standard InChI is InChI=1S/C14H18N4OS/c1-17(9-10-4-6-11(20-3)7-5-10)14(19)13-12(15)8-16-18(13)2/h4-8H,9,15H2,1-3H3. The average Bonchev–Trinajstić information content (AvgIpc) is 2.78. The fourth-order valence-corrected chi connectivity index (χ4v) is 2.38. The lowest BCUT2D eigenvalue weighted by atomic mass is 10.2. The summed E-state index contributed by atoms with van der Waals surface area (Å²) in [5.41, 5.74) is 7.69. The molecule has 106 valence electrons. The number of aromatic nitrogens is 2. The van der Waals surface area contributed by atoms with Crippen molar-refractivity contribution >= 4 is 23.4 Å². The van der Waals surface area contributed by atoms with Gasteiger partial charge in [-0.25, -0.2) is 0 Å². The molecule has 0 unspecified atom stereocenters. The van der Waals surface area contributed by atoms with Crippen LogP contribution in [0.3, 0.4) is 0 Å². The summed E-state index contributed by atoms with van der Waals surface area (Å²) < 4.78 is 1.50. The summed E-state index contributed by atoms with van der Waals surface area (Å²) >= 11 is 1.70. The van der Waals surface area contributed by atoms with Crippen LogP contribution < -0.4 is 5.73 Å². The van der Waals surface area contributed by atoms with Crippen LogP contribution >= 0.6 is 11.8 Å². The maximum absolute atomic E-state index is 12.4. The summed E-state index contributed by atoms with van der Waals surface area (Å²) in [5, 5.41) is 3.99. The minimum Gasteiger partial charge on any atom is -0.396 e. The molecule has 0 atom stereocenters. The molecule has 0 aliphatic rings. The van der Waals surface area contributed by atoms with E-state index in [1.165, 1.54) is 15.8 Å². The zero-order valence-corrected chi connectivity index (χ0v) is 12.6. The summed E-state index contributed by atoms with van der Waals surface area (Å²) in [6, 6.07) is 8.16. The molecule has 0 bridgehead atoms. The fraction of sp³-hybridized carbons (Fsp3) is 0.286. The van der Waals surface area contributed by atoms with E-state index in [1.54, 1.807) is 30.8 Å². The highest BCUT2D eigenvalue weighted by atomic mass is 32.2. The van der Waals surface area contributed by atoms with Crippen LogP contribution in [-0.2, 0) is 13.6 Å². The van der Waals surface area contributed by atoms with Crippen molar-refractivity contribution in [2.75, 3.05) is 19.0 Å². The summed E-state index contributed by atoms with van der Waals surface area (Å²) in [4.78, 5) is 15.2. The Balaban J connectivity index is 2.11. The zero-order chi connectivity index (χ0) is 14.7. The van der Waals surface area contributed by atoms with Crippen LogP contribution in [0.5, 0.6) is 0 Å². The van der Waals surface area contributed by atoms with Crippen molar-refractivity contribution < 1.29 is 4.79 Å². The van der Waals surface area contributed by atoms with E-state index in [1.807, 2.05) is 18.4 Å². The van der Waals surface area contributed by atoms with E-state index < -0.39 is 0 Å². The topological polar surface area (TPSA) is 64.2 Å². The fourth-order valence-electron chi connectivity index (χ4n) is 1.97. The first-order chi connectivity index (χ1) is 9.52. The van der Waals surface area contributed by atoms with Crippen molar-refractivity contribution in [3.63, 3.8) is 0 Å². The van der Waals surface area contributed by atoms with Gasteiger partial charge in [0, 0.05) is 25.5 Å². The molecule has 0 spiro atoms. The first-order valence-corrected chi connectivity index (χ1v) is 7.41. The van der Waals surface area contributed by atoms with Gasteiger partial charge >= 0.3 is 0 Å². The number of benzene rings is 1. The molecule has 20 heavy (non-hydrogen) atoms. The van der Waals surface area contributed by atoms with Crippen LogP contribution in [0.2, 0.25) is 0 Å². The Hall–Kier alpha value is -1.95. The third-order valence-corrected chi connectivity index (χ3v) is 3.84.